The second-order valence-corrected chi connectivity index (χ2v) is 6.66. The Labute approximate surface area is 125 Å². The third-order valence-electron chi connectivity index (χ3n) is 3.76. The highest BCUT2D eigenvalue weighted by Crippen LogP contribution is 2.23. The average Bonchev–Trinajstić information content (AvgIpc) is 2.95. The lowest BCUT2D eigenvalue weighted by molar-refractivity contribution is 0.102. The van der Waals surface area contributed by atoms with Crippen molar-refractivity contribution in [3.8, 4) is 0 Å². The molecule has 0 aromatic heterocycles. The molecule has 0 fully saturated rings. The average molecular weight is 302 g/mol. The first-order valence-electron chi connectivity index (χ1n) is 6.92. The molecule has 1 atom stereocenters. The normalized spacial score (nSPS) is 14.7. The van der Waals surface area contributed by atoms with Gasteiger partial charge in [0, 0.05) is 10.5 Å². The number of rotatable bonds is 4. The van der Waals surface area contributed by atoms with Crippen molar-refractivity contribution in [3.05, 3.63) is 65.0 Å². The van der Waals surface area contributed by atoms with Crippen LogP contribution in [-0.4, -0.2) is 15.7 Å². The van der Waals surface area contributed by atoms with Crippen LogP contribution in [0.4, 0.5) is 4.39 Å². The van der Waals surface area contributed by atoms with Gasteiger partial charge in [0.1, 0.15) is 5.82 Å². The first-order valence-corrected chi connectivity index (χ1v) is 8.24. The van der Waals surface area contributed by atoms with Gasteiger partial charge in [0.25, 0.3) is 0 Å². The summed E-state index contributed by atoms with van der Waals surface area (Å²) in [6.45, 7) is 0. The summed E-state index contributed by atoms with van der Waals surface area (Å²) in [6.07, 6.45) is 3.22. The standard InChI is InChI=1S/C17H15FO2S/c18-15-6-8-16(9-7-15)21(20)11-17(19)14-5-4-12-2-1-3-13(12)10-14/h4-10H,1-3,11H2. The molecule has 1 unspecified atom stereocenters. The second-order valence-electron chi connectivity index (χ2n) is 5.20. The molecule has 0 amide bonds. The fourth-order valence-corrected chi connectivity index (χ4v) is 3.63. The highest BCUT2D eigenvalue weighted by Gasteiger charge is 2.16. The van der Waals surface area contributed by atoms with Gasteiger partial charge >= 0.3 is 0 Å². The van der Waals surface area contributed by atoms with Crippen LogP contribution in [0.25, 0.3) is 0 Å². The largest absolute Gasteiger partial charge is 0.293 e. The van der Waals surface area contributed by atoms with Gasteiger partial charge in [-0.2, -0.15) is 0 Å². The molecule has 3 rings (SSSR count). The molecule has 21 heavy (non-hydrogen) atoms. The number of hydrogen-bond acceptors (Lipinski definition) is 2. The lowest BCUT2D eigenvalue weighted by Crippen LogP contribution is -2.11. The quantitative estimate of drug-likeness (QED) is 0.812. The van der Waals surface area contributed by atoms with E-state index in [4.69, 9.17) is 0 Å². The van der Waals surface area contributed by atoms with E-state index < -0.39 is 10.8 Å². The van der Waals surface area contributed by atoms with Crippen molar-refractivity contribution in [1.29, 1.82) is 0 Å². The van der Waals surface area contributed by atoms with Gasteiger partial charge in [0.15, 0.2) is 5.78 Å². The molecule has 0 saturated heterocycles. The zero-order chi connectivity index (χ0) is 14.8. The SMILES string of the molecule is O=C(CS(=O)c1ccc(F)cc1)c1ccc2c(c1)CCC2. The lowest BCUT2D eigenvalue weighted by Gasteiger charge is -2.05. The number of halogens is 1. The summed E-state index contributed by atoms with van der Waals surface area (Å²) in [5.74, 6) is -0.571. The molecular weight excluding hydrogens is 287 g/mol. The molecule has 2 aromatic carbocycles. The molecule has 1 aliphatic rings. The van der Waals surface area contributed by atoms with Crippen molar-refractivity contribution in [2.24, 2.45) is 0 Å². The summed E-state index contributed by atoms with van der Waals surface area (Å²) < 4.78 is 25.0. The summed E-state index contributed by atoms with van der Waals surface area (Å²) in [5, 5.41) is 0. The third-order valence-corrected chi connectivity index (χ3v) is 5.08. The van der Waals surface area contributed by atoms with Crippen LogP contribution >= 0.6 is 0 Å². The molecule has 0 aliphatic heterocycles. The maximum atomic E-state index is 12.8. The number of aryl methyl sites for hydroxylation is 2. The Hall–Kier alpha value is -1.81. The van der Waals surface area contributed by atoms with E-state index in [0.717, 1.165) is 19.3 Å². The summed E-state index contributed by atoms with van der Waals surface area (Å²) in [6, 6.07) is 11.2. The molecule has 0 radical (unpaired) electrons. The molecule has 0 saturated carbocycles. The van der Waals surface area contributed by atoms with Crippen LogP contribution in [0.3, 0.4) is 0 Å². The van der Waals surface area contributed by atoms with Gasteiger partial charge in [-0.25, -0.2) is 4.39 Å². The maximum absolute atomic E-state index is 12.8. The minimum atomic E-state index is -1.44. The Kier molecular flexibility index (Phi) is 3.97. The van der Waals surface area contributed by atoms with Crippen LogP contribution in [0.15, 0.2) is 47.4 Å². The Morgan fingerprint density at radius 1 is 1.05 bits per heavy atom. The Bertz CT molecular complexity index is 707. The maximum Gasteiger partial charge on any atom is 0.175 e. The molecule has 0 spiro atoms. The molecule has 0 heterocycles. The van der Waals surface area contributed by atoms with Crippen molar-refractivity contribution in [1.82, 2.24) is 0 Å². The second kappa shape index (κ2) is 5.90. The Morgan fingerprint density at radius 3 is 2.52 bits per heavy atom. The predicted octanol–water partition coefficient (Wildman–Crippen LogP) is 3.30. The molecule has 1 aliphatic carbocycles. The first kappa shape index (κ1) is 14.1. The Morgan fingerprint density at radius 2 is 1.76 bits per heavy atom. The fraction of sp³-hybridized carbons (Fsp3) is 0.235. The molecule has 0 bridgehead atoms. The minimum Gasteiger partial charge on any atom is -0.293 e. The summed E-state index contributed by atoms with van der Waals surface area (Å²) in [4.78, 5) is 12.7. The van der Waals surface area contributed by atoms with E-state index >= 15 is 0 Å². The number of carbonyl (C=O) groups excluding carboxylic acids is 1. The molecule has 2 nitrogen and oxygen atoms in total. The highest BCUT2D eigenvalue weighted by molar-refractivity contribution is 7.85. The highest BCUT2D eigenvalue weighted by atomic mass is 32.2. The topological polar surface area (TPSA) is 34.1 Å². The summed E-state index contributed by atoms with van der Waals surface area (Å²) >= 11 is 0. The van der Waals surface area contributed by atoms with Crippen molar-refractivity contribution in [2.45, 2.75) is 24.2 Å². The molecule has 108 valence electrons. The van der Waals surface area contributed by atoms with Crippen LogP contribution in [0, 0.1) is 5.82 Å². The molecular formula is C17H15FO2S. The lowest BCUT2D eigenvalue weighted by atomic mass is 10.0. The zero-order valence-electron chi connectivity index (χ0n) is 11.5. The number of benzene rings is 2. The van der Waals surface area contributed by atoms with Gasteiger partial charge in [-0.05, 0) is 60.7 Å². The van der Waals surface area contributed by atoms with Crippen molar-refractivity contribution in [3.63, 3.8) is 0 Å². The van der Waals surface area contributed by atoms with Crippen LogP contribution in [0.5, 0.6) is 0 Å². The van der Waals surface area contributed by atoms with Gasteiger partial charge < -0.3 is 0 Å². The number of Topliss-reactive ketones (excluding diaryl/α,β-unsaturated/α-hetero) is 1. The van der Waals surface area contributed by atoms with Crippen LogP contribution < -0.4 is 0 Å². The van der Waals surface area contributed by atoms with Gasteiger partial charge in [-0.1, -0.05) is 12.1 Å². The number of fused-ring (bicyclic) bond motifs is 1. The van der Waals surface area contributed by atoms with Crippen LogP contribution in [0.1, 0.15) is 27.9 Å². The van der Waals surface area contributed by atoms with E-state index in [1.807, 2.05) is 18.2 Å². The van der Waals surface area contributed by atoms with Crippen molar-refractivity contribution < 1.29 is 13.4 Å². The monoisotopic (exact) mass is 302 g/mol. The van der Waals surface area contributed by atoms with Gasteiger partial charge in [0.05, 0.1) is 16.6 Å². The summed E-state index contributed by atoms with van der Waals surface area (Å²) in [5.41, 5.74) is 3.16. The van der Waals surface area contributed by atoms with E-state index in [1.165, 1.54) is 35.4 Å². The molecule has 2 aromatic rings. The fourth-order valence-electron chi connectivity index (χ4n) is 2.62. The third kappa shape index (κ3) is 3.10. The minimum absolute atomic E-state index is 0.0651. The smallest absolute Gasteiger partial charge is 0.175 e. The Balaban J connectivity index is 1.74. The van der Waals surface area contributed by atoms with Gasteiger partial charge in [-0.3, -0.25) is 9.00 Å². The van der Waals surface area contributed by atoms with E-state index in [0.29, 0.717) is 10.5 Å². The number of carbonyl (C=O) groups is 1. The predicted molar refractivity (Wildman–Crippen MR) is 80.5 cm³/mol. The van der Waals surface area contributed by atoms with Crippen LogP contribution in [0.2, 0.25) is 0 Å². The van der Waals surface area contributed by atoms with E-state index in [2.05, 4.69) is 0 Å². The van der Waals surface area contributed by atoms with Crippen molar-refractivity contribution in [2.75, 3.05) is 5.75 Å². The number of ketones is 1. The van der Waals surface area contributed by atoms with E-state index in [1.54, 1.807) is 0 Å². The molecule has 0 N–H and O–H groups in total. The zero-order valence-corrected chi connectivity index (χ0v) is 12.3. The van der Waals surface area contributed by atoms with Crippen LogP contribution in [-0.2, 0) is 23.6 Å². The first-order chi connectivity index (χ1) is 10.1. The van der Waals surface area contributed by atoms with E-state index in [9.17, 15) is 13.4 Å². The molecule has 4 heteroatoms. The summed E-state index contributed by atoms with van der Waals surface area (Å²) in [7, 11) is -1.44. The van der Waals surface area contributed by atoms with E-state index in [-0.39, 0.29) is 17.4 Å². The van der Waals surface area contributed by atoms with Crippen molar-refractivity contribution >= 4 is 16.6 Å². The van der Waals surface area contributed by atoms with Gasteiger partial charge in [-0.15, -0.1) is 0 Å². The number of hydrogen-bond donors (Lipinski definition) is 0. The van der Waals surface area contributed by atoms with Gasteiger partial charge in [0.2, 0.25) is 0 Å².